The Labute approximate surface area is 109 Å². The Morgan fingerprint density at radius 1 is 1.39 bits per heavy atom. The van der Waals surface area contributed by atoms with E-state index in [0.717, 1.165) is 25.2 Å². The minimum atomic E-state index is -0.117. The van der Waals surface area contributed by atoms with Crippen molar-refractivity contribution in [3.63, 3.8) is 0 Å². The lowest BCUT2D eigenvalue weighted by Gasteiger charge is -2.11. The normalized spacial score (nSPS) is 10.4. The van der Waals surface area contributed by atoms with Crippen molar-refractivity contribution in [2.75, 3.05) is 39.0 Å². The highest BCUT2D eigenvalue weighted by Crippen LogP contribution is 2.07. The summed E-state index contributed by atoms with van der Waals surface area (Å²) in [6, 6.07) is 3.65. The number of aromatic nitrogens is 1. The summed E-state index contributed by atoms with van der Waals surface area (Å²) in [7, 11) is 4.05. The topological polar surface area (TPSA) is 57.3 Å². The molecule has 1 aromatic heterocycles. The molecule has 0 saturated carbocycles. The van der Waals surface area contributed by atoms with E-state index in [0.29, 0.717) is 12.2 Å². The number of amides is 1. The highest BCUT2D eigenvalue weighted by Gasteiger charge is 2.06. The summed E-state index contributed by atoms with van der Waals surface area (Å²) in [6.45, 7) is 4.48. The van der Waals surface area contributed by atoms with Gasteiger partial charge >= 0.3 is 0 Å². The molecule has 0 aliphatic carbocycles. The van der Waals surface area contributed by atoms with Crippen LogP contribution in [0.2, 0.25) is 0 Å². The molecule has 0 fully saturated rings. The van der Waals surface area contributed by atoms with Gasteiger partial charge in [0.15, 0.2) is 0 Å². The third kappa shape index (κ3) is 5.14. The summed E-state index contributed by atoms with van der Waals surface area (Å²) in [4.78, 5) is 17.9. The Balaban J connectivity index is 2.53. The molecule has 100 valence electrons. The molecule has 0 saturated heterocycles. The molecule has 5 heteroatoms. The van der Waals surface area contributed by atoms with Gasteiger partial charge in [-0.25, -0.2) is 0 Å². The van der Waals surface area contributed by atoms with E-state index in [1.807, 2.05) is 27.1 Å². The van der Waals surface area contributed by atoms with Crippen molar-refractivity contribution in [3.8, 4) is 0 Å². The van der Waals surface area contributed by atoms with Gasteiger partial charge in [0, 0.05) is 31.5 Å². The third-order valence-electron chi connectivity index (χ3n) is 2.42. The Bertz CT molecular complexity index is 379. The zero-order chi connectivity index (χ0) is 13.4. The molecule has 0 unspecified atom stereocenters. The molecule has 5 nitrogen and oxygen atoms in total. The molecule has 0 atom stereocenters. The quantitative estimate of drug-likeness (QED) is 0.763. The van der Waals surface area contributed by atoms with E-state index < -0.39 is 0 Å². The Hall–Kier alpha value is -1.62. The number of carbonyl (C=O) groups excluding carboxylic acids is 1. The molecule has 0 aromatic carbocycles. The summed E-state index contributed by atoms with van der Waals surface area (Å²) >= 11 is 0. The fourth-order valence-corrected chi connectivity index (χ4v) is 1.42. The standard InChI is InChI=1S/C13H22N4O/c1-4-6-16-13(18)12-10-11(5-7-15-12)14-8-9-17(2)3/h5,7,10H,4,6,8-9H2,1-3H3,(H,14,15)(H,16,18). The van der Waals surface area contributed by atoms with Gasteiger partial charge in [-0.15, -0.1) is 0 Å². The van der Waals surface area contributed by atoms with Crippen molar-refractivity contribution in [2.24, 2.45) is 0 Å². The van der Waals surface area contributed by atoms with Gasteiger partial charge < -0.3 is 15.5 Å². The summed E-state index contributed by atoms with van der Waals surface area (Å²) in [5.74, 6) is -0.117. The van der Waals surface area contributed by atoms with Crippen LogP contribution in [0.25, 0.3) is 0 Å². The van der Waals surface area contributed by atoms with Crippen molar-refractivity contribution in [1.82, 2.24) is 15.2 Å². The first-order valence-electron chi connectivity index (χ1n) is 6.26. The van der Waals surface area contributed by atoms with E-state index in [1.54, 1.807) is 12.3 Å². The lowest BCUT2D eigenvalue weighted by Crippen LogP contribution is -2.25. The third-order valence-corrected chi connectivity index (χ3v) is 2.42. The van der Waals surface area contributed by atoms with Crippen LogP contribution in [-0.2, 0) is 0 Å². The summed E-state index contributed by atoms with van der Waals surface area (Å²) < 4.78 is 0. The minimum Gasteiger partial charge on any atom is -0.384 e. The van der Waals surface area contributed by atoms with Gasteiger partial charge in [0.25, 0.3) is 5.91 Å². The fourth-order valence-electron chi connectivity index (χ4n) is 1.42. The fraction of sp³-hybridized carbons (Fsp3) is 0.538. The second-order valence-corrected chi connectivity index (χ2v) is 4.42. The molecule has 1 rings (SSSR count). The van der Waals surface area contributed by atoms with E-state index >= 15 is 0 Å². The summed E-state index contributed by atoms with van der Waals surface area (Å²) in [5.41, 5.74) is 1.38. The number of anilines is 1. The first kappa shape index (κ1) is 14.4. The first-order chi connectivity index (χ1) is 8.63. The number of hydrogen-bond acceptors (Lipinski definition) is 4. The number of hydrogen-bond donors (Lipinski definition) is 2. The van der Waals surface area contributed by atoms with Crippen LogP contribution in [-0.4, -0.2) is 49.5 Å². The predicted molar refractivity (Wildman–Crippen MR) is 73.9 cm³/mol. The van der Waals surface area contributed by atoms with E-state index in [9.17, 15) is 4.79 Å². The molecule has 0 aliphatic rings. The van der Waals surface area contributed by atoms with Crippen molar-refractivity contribution >= 4 is 11.6 Å². The molecule has 1 amide bonds. The van der Waals surface area contributed by atoms with E-state index in [1.165, 1.54) is 0 Å². The number of likely N-dealkylation sites (N-methyl/N-ethyl adjacent to an activating group) is 1. The number of nitrogens with one attached hydrogen (secondary N) is 2. The van der Waals surface area contributed by atoms with Gasteiger partial charge in [-0.1, -0.05) is 6.92 Å². The van der Waals surface area contributed by atoms with E-state index in [2.05, 4.69) is 20.5 Å². The van der Waals surface area contributed by atoms with Crippen molar-refractivity contribution in [1.29, 1.82) is 0 Å². The molecule has 0 radical (unpaired) electrons. The molecule has 0 bridgehead atoms. The average Bonchev–Trinajstić information content (AvgIpc) is 2.36. The van der Waals surface area contributed by atoms with Crippen LogP contribution >= 0.6 is 0 Å². The Kier molecular flexibility index (Phi) is 6.14. The maximum atomic E-state index is 11.7. The van der Waals surface area contributed by atoms with Crippen LogP contribution in [0.3, 0.4) is 0 Å². The SMILES string of the molecule is CCCNC(=O)c1cc(NCCN(C)C)ccn1. The average molecular weight is 250 g/mol. The molecule has 1 heterocycles. The summed E-state index contributed by atoms with van der Waals surface area (Å²) in [6.07, 6.45) is 2.57. The molecular weight excluding hydrogens is 228 g/mol. The highest BCUT2D eigenvalue weighted by molar-refractivity contribution is 5.93. The van der Waals surface area contributed by atoms with Crippen LogP contribution in [0.4, 0.5) is 5.69 Å². The van der Waals surface area contributed by atoms with Gasteiger partial charge in [-0.3, -0.25) is 9.78 Å². The monoisotopic (exact) mass is 250 g/mol. The molecular formula is C13H22N4O. The molecule has 0 aliphatic heterocycles. The summed E-state index contributed by atoms with van der Waals surface area (Å²) in [5, 5.41) is 6.08. The predicted octanol–water partition coefficient (Wildman–Crippen LogP) is 1.19. The van der Waals surface area contributed by atoms with Gasteiger partial charge in [-0.05, 0) is 32.6 Å². The molecule has 2 N–H and O–H groups in total. The number of pyridine rings is 1. The number of nitrogens with zero attached hydrogens (tertiary/aromatic N) is 2. The van der Waals surface area contributed by atoms with Crippen molar-refractivity contribution < 1.29 is 4.79 Å². The Morgan fingerprint density at radius 3 is 2.83 bits per heavy atom. The minimum absolute atomic E-state index is 0.117. The maximum absolute atomic E-state index is 11.7. The zero-order valence-electron chi connectivity index (χ0n) is 11.4. The number of rotatable bonds is 7. The Morgan fingerprint density at radius 2 is 2.17 bits per heavy atom. The highest BCUT2D eigenvalue weighted by atomic mass is 16.1. The molecule has 1 aromatic rings. The molecule has 18 heavy (non-hydrogen) atoms. The van der Waals surface area contributed by atoms with Crippen LogP contribution in [0.15, 0.2) is 18.3 Å². The first-order valence-corrected chi connectivity index (χ1v) is 6.26. The van der Waals surface area contributed by atoms with Crippen LogP contribution in [0.5, 0.6) is 0 Å². The van der Waals surface area contributed by atoms with Crippen LogP contribution in [0.1, 0.15) is 23.8 Å². The smallest absolute Gasteiger partial charge is 0.269 e. The largest absolute Gasteiger partial charge is 0.384 e. The van der Waals surface area contributed by atoms with E-state index in [-0.39, 0.29) is 5.91 Å². The second kappa shape index (κ2) is 7.66. The lowest BCUT2D eigenvalue weighted by atomic mass is 10.3. The van der Waals surface area contributed by atoms with Gasteiger partial charge in [0.05, 0.1) is 0 Å². The van der Waals surface area contributed by atoms with Gasteiger partial charge in [0.2, 0.25) is 0 Å². The van der Waals surface area contributed by atoms with Gasteiger partial charge in [0.1, 0.15) is 5.69 Å². The maximum Gasteiger partial charge on any atom is 0.269 e. The van der Waals surface area contributed by atoms with Gasteiger partial charge in [-0.2, -0.15) is 0 Å². The van der Waals surface area contributed by atoms with Crippen molar-refractivity contribution in [3.05, 3.63) is 24.0 Å². The van der Waals surface area contributed by atoms with E-state index in [4.69, 9.17) is 0 Å². The zero-order valence-corrected chi connectivity index (χ0v) is 11.4. The second-order valence-electron chi connectivity index (χ2n) is 4.42. The lowest BCUT2D eigenvalue weighted by molar-refractivity contribution is 0.0949. The molecule has 0 spiro atoms. The van der Waals surface area contributed by atoms with Crippen LogP contribution in [0, 0.1) is 0 Å². The van der Waals surface area contributed by atoms with Crippen LogP contribution < -0.4 is 10.6 Å². The number of carbonyl (C=O) groups is 1. The van der Waals surface area contributed by atoms with Crippen molar-refractivity contribution in [2.45, 2.75) is 13.3 Å².